The second-order valence-corrected chi connectivity index (χ2v) is 5.76. The van der Waals surface area contributed by atoms with Crippen LogP contribution in [-0.4, -0.2) is 25.4 Å². The molecular formula is C18H21NO3S. The molecule has 0 bridgehead atoms. The van der Waals surface area contributed by atoms with Gasteiger partial charge < -0.3 is 14.8 Å². The van der Waals surface area contributed by atoms with Crippen LogP contribution in [-0.2, 0) is 4.79 Å². The molecule has 2 aromatic rings. The summed E-state index contributed by atoms with van der Waals surface area (Å²) in [5.41, 5.74) is 0.764. The van der Waals surface area contributed by atoms with Crippen molar-refractivity contribution in [3.8, 4) is 11.5 Å². The fourth-order valence-corrected chi connectivity index (χ4v) is 2.28. The molecule has 0 heterocycles. The van der Waals surface area contributed by atoms with Gasteiger partial charge >= 0.3 is 0 Å². The van der Waals surface area contributed by atoms with Crippen LogP contribution in [0.15, 0.2) is 53.4 Å². The first-order valence-corrected chi connectivity index (χ1v) is 8.73. The van der Waals surface area contributed by atoms with Crippen molar-refractivity contribution in [1.29, 1.82) is 0 Å². The average Bonchev–Trinajstić information content (AvgIpc) is 2.59. The molecule has 2 rings (SSSR count). The van der Waals surface area contributed by atoms with Crippen molar-refractivity contribution in [2.45, 2.75) is 18.2 Å². The molecule has 5 heteroatoms. The van der Waals surface area contributed by atoms with E-state index in [1.807, 2.05) is 42.7 Å². The third-order valence-electron chi connectivity index (χ3n) is 3.04. The fraction of sp³-hybridized carbons (Fsp3) is 0.278. The van der Waals surface area contributed by atoms with Crippen molar-refractivity contribution in [2.24, 2.45) is 0 Å². The van der Waals surface area contributed by atoms with Crippen LogP contribution in [0.5, 0.6) is 11.5 Å². The Hall–Kier alpha value is -2.14. The van der Waals surface area contributed by atoms with Gasteiger partial charge in [0.15, 0.2) is 6.61 Å². The van der Waals surface area contributed by atoms with Gasteiger partial charge in [0.2, 0.25) is 0 Å². The average molecular weight is 331 g/mol. The third-order valence-corrected chi connectivity index (χ3v) is 3.78. The normalized spacial score (nSPS) is 10.2. The zero-order valence-electron chi connectivity index (χ0n) is 13.4. The van der Waals surface area contributed by atoms with E-state index in [0.717, 1.165) is 22.8 Å². The van der Waals surface area contributed by atoms with Crippen LogP contribution in [0, 0.1) is 0 Å². The summed E-state index contributed by atoms with van der Waals surface area (Å²) in [5.74, 6) is 1.26. The Balaban J connectivity index is 1.79. The van der Waals surface area contributed by atoms with Gasteiger partial charge in [-0.2, -0.15) is 0 Å². The minimum absolute atomic E-state index is 0.0283. The summed E-state index contributed by atoms with van der Waals surface area (Å²) in [6.07, 6.45) is 2.98. The van der Waals surface area contributed by atoms with E-state index >= 15 is 0 Å². The highest BCUT2D eigenvalue weighted by molar-refractivity contribution is 7.98. The first kappa shape index (κ1) is 17.2. The molecule has 0 fully saturated rings. The SMILES string of the molecule is CCCOc1ccc(OCC(=O)Nc2ccc(SC)cc2)cc1. The number of amides is 1. The largest absolute Gasteiger partial charge is 0.494 e. The molecule has 1 amide bonds. The molecule has 0 saturated heterocycles. The highest BCUT2D eigenvalue weighted by Gasteiger charge is 2.04. The van der Waals surface area contributed by atoms with Crippen molar-refractivity contribution in [1.82, 2.24) is 0 Å². The second-order valence-electron chi connectivity index (χ2n) is 4.89. The van der Waals surface area contributed by atoms with Crippen molar-refractivity contribution in [2.75, 3.05) is 24.8 Å². The maximum Gasteiger partial charge on any atom is 0.262 e. The van der Waals surface area contributed by atoms with Crippen molar-refractivity contribution < 1.29 is 14.3 Å². The summed E-state index contributed by atoms with van der Waals surface area (Å²) in [4.78, 5) is 13.0. The van der Waals surface area contributed by atoms with Gasteiger partial charge in [0.05, 0.1) is 6.61 Å². The first-order chi connectivity index (χ1) is 11.2. The number of nitrogens with one attached hydrogen (secondary N) is 1. The van der Waals surface area contributed by atoms with Crippen LogP contribution < -0.4 is 14.8 Å². The highest BCUT2D eigenvalue weighted by Crippen LogP contribution is 2.19. The molecule has 0 aliphatic rings. The Kier molecular flexibility index (Phi) is 6.81. The lowest BCUT2D eigenvalue weighted by molar-refractivity contribution is -0.118. The van der Waals surface area contributed by atoms with Gasteiger partial charge in [-0.25, -0.2) is 0 Å². The summed E-state index contributed by atoms with van der Waals surface area (Å²) in [5, 5.41) is 2.80. The van der Waals surface area contributed by atoms with Crippen molar-refractivity contribution in [3.63, 3.8) is 0 Å². The van der Waals surface area contributed by atoms with Crippen LogP contribution >= 0.6 is 11.8 Å². The van der Waals surface area contributed by atoms with Gasteiger partial charge in [0.25, 0.3) is 5.91 Å². The molecule has 122 valence electrons. The van der Waals surface area contributed by atoms with Gasteiger partial charge in [0.1, 0.15) is 11.5 Å². The second kappa shape index (κ2) is 9.10. The van der Waals surface area contributed by atoms with Gasteiger partial charge in [-0.3, -0.25) is 4.79 Å². The Labute approximate surface area is 141 Å². The van der Waals surface area contributed by atoms with Crippen LogP contribution in [0.4, 0.5) is 5.69 Å². The smallest absolute Gasteiger partial charge is 0.262 e. The van der Waals surface area contributed by atoms with Crippen molar-refractivity contribution >= 4 is 23.4 Å². The van der Waals surface area contributed by atoms with Crippen LogP contribution in [0.2, 0.25) is 0 Å². The maximum atomic E-state index is 11.9. The minimum atomic E-state index is -0.187. The molecule has 0 aromatic heterocycles. The molecule has 2 aromatic carbocycles. The topological polar surface area (TPSA) is 47.6 Å². The molecule has 0 unspecified atom stereocenters. The van der Waals surface area contributed by atoms with E-state index < -0.39 is 0 Å². The molecule has 0 aliphatic carbocycles. The molecule has 0 saturated carbocycles. The van der Waals surface area contributed by atoms with E-state index in [1.54, 1.807) is 23.9 Å². The number of benzene rings is 2. The number of rotatable bonds is 8. The lowest BCUT2D eigenvalue weighted by Crippen LogP contribution is -2.20. The van der Waals surface area contributed by atoms with Gasteiger partial charge in [-0.15, -0.1) is 11.8 Å². The summed E-state index contributed by atoms with van der Waals surface area (Å²) in [7, 11) is 0. The zero-order chi connectivity index (χ0) is 16.5. The Morgan fingerprint density at radius 3 is 2.17 bits per heavy atom. The lowest BCUT2D eigenvalue weighted by Gasteiger charge is -2.09. The number of thioether (sulfide) groups is 1. The molecule has 23 heavy (non-hydrogen) atoms. The summed E-state index contributed by atoms with van der Waals surface area (Å²) in [6, 6.07) is 15.0. The van der Waals surface area contributed by atoms with E-state index in [1.165, 1.54) is 0 Å². The Bertz CT molecular complexity index is 611. The van der Waals surface area contributed by atoms with E-state index in [4.69, 9.17) is 9.47 Å². The van der Waals surface area contributed by atoms with Gasteiger partial charge in [-0.1, -0.05) is 6.92 Å². The molecule has 0 aliphatic heterocycles. The van der Waals surface area contributed by atoms with Gasteiger partial charge in [0, 0.05) is 10.6 Å². The third kappa shape index (κ3) is 5.87. The highest BCUT2D eigenvalue weighted by atomic mass is 32.2. The fourth-order valence-electron chi connectivity index (χ4n) is 1.87. The van der Waals surface area contributed by atoms with Crippen LogP contribution in [0.1, 0.15) is 13.3 Å². The molecule has 0 atom stereocenters. The zero-order valence-corrected chi connectivity index (χ0v) is 14.2. The number of anilines is 1. The van der Waals surface area contributed by atoms with E-state index in [0.29, 0.717) is 12.4 Å². The number of carbonyl (C=O) groups is 1. The Morgan fingerprint density at radius 2 is 1.61 bits per heavy atom. The molecule has 0 radical (unpaired) electrons. The lowest BCUT2D eigenvalue weighted by atomic mass is 10.3. The first-order valence-electron chi connectivity index (χ1n) is 7.51. The number of hydrogen-bond donors (Lipinski definition) is 1. The molecular weight excluding hydrogens is 310 g/mol. The van der Waals surface area contributed by atoms with Crippen LogP contribution in [0.3, 0.4) is 0 Å². The number of hydrogen-bond acceptors (Lipinski definition) is 4. The maximum absolute atomic E-state index is 11.9. The molecule has 4 nitrogen and oxygen atoms in total. The van der Waals surface area contributed by atoms with Crippen molar-refractivity contribution in [3.05, 3.63) is 48.5 Å². The molecule has 0 spiro atoms. The summed E-state index contributed by atoms with van der Waals surface area (Å²) < 4.78 is 11.0. The number of carbonyl (C=O) groups excluding carboxylic acids is 1. The predicted octanol–water partition coefficient (Wildman–Crippen LogP) is 4.21. The number of ether oxygens (including phenoxy) is 2. The van der Waals surface area contributed by atoms with E-state index in [2.05, 4.69) is 12.2 Å². The summed E-state index contributed by atoms with van der Waals surface area (Å²) >= 11 is 1.66. The van der Waals surface area contributed by atoms with E-state index in [-0.39, 0.29) is 12.5 Å². The monoisotopic (exact) mass is 331 g/mol. The Morgan fingerprint density at radius 1 is 1.00 bits per heavy atom. The standard InChI is InChI=1S/C18H21NO3S/c1-3-12-21-15-6-8-16(9-7-15)22-13-18(20)19-14-4-10-17(23-2)11-5-14/h4-11H,3,12-13H2,1-2H3,(H,19,20). The van der Waals surface area contributed by atoms with E-state index in [9.17, 15) is 4.79 Å². The summed E-state index contributed by atoms with van der Waals surface area (Å²) in [6.45, 7) is 2.72. The van der Waals surface area contributed by atoms with Crippen LogP contribution in [0.25, 0.3) is 0 Å². The quantitative estimate of drug-likeness (QED) is 0.736. The predicted molar refractivity (Wildman–Crippen MR) is 94.6 cm³/mol. The molecule has 1 N–H and O–H groups in total. The van der Waals surface area contributed by atoms with Gasteiger partial charge in [-0.05, 0) is 61.2 Å². The minimum Gasteiger partial charge on any atom is -0.494 e.